The second-order valence-corrected chi connectivity index (χ2v) is 17.2. The number of hydrogen-bond acceptors (Lipinski definition) is 10. The second kappa shape index (κ2) is 17.6. The molecular weight excluding hydrogens is 946 g/mol. The van der Waals surface area contributed by atoms with E-state index in [0.29, 0.717) is 23.9 Å². The quantitative estimate of drug-likeness (QED) is 0.0965. The summed E-state index contributed by atoms with van der Waals surface area (Å²) in [6, 6.07) is 14.1. The van der Waals surface area contributed by atoms with Crippen LogP contribution in [0.15, 0.2) is 97.5 Å². The van der Waals surface area contributed by atoms with Crippen LogP contribution in [0, 0.1) is 25.5 Å². The molecule has 4 aromatic carbocycles. The van der Waals surface area contributed by atoms with E-state index in [0.717, 1.165) is 18.2 Å². The van der Waals surface area contributed by atoms with Crippen molar-refractivity contribution < 1.29 is 77.1 Å². The fourth-order valence-corrected chi connectivity index (χ4v) is 8.61. The smallest absolute Gasteiger partial charge is 0.373 e. The van der Waals surface area contributed by atoms with Gasteiger partial charge >= 0.3 is 29.8 Å². The number of nitrogens with zero attached hydrogens (tertiary/aromatic N) is 2. The van der Waals surface area contributed by atoms with Gasteiger partial charge in [0.25, 0.3) is 11.8 Å². The summed E-state index contributed by atoms with van der Waals surface area (Å²) < 4.78 is 163. The summed E-state index contributed by atoms with van der Waals surface area (Å²) in [6.45, 7) is 2.97. The van der Waals surface area contributed by atoms with Crippen LogP contribution >= 0.6 is 0 Å². The molecule has 2 fully saturated rings. The number of aromatic nitrogens is 2. The zero-order chi connectivity index (χ0) is 50.7. The van der Waals surface area contributed by atoms with Crippen molar-refractivity contribution >= 4 is 44.7 Å². The number of hydrogen-bond donors (Lipinski definition) is 4. The molecule has 366 valence electrons. The van der Waals surface area contributed by atoms with Gasteiger partial charge < -0.3 is 29.9 Å². The second-order valence-electron chi connectivity index (χ2n) is 17.2. The molecule has 69 heavy (non-hydrogen) atoms. The van der Waals surface area contributed by atoms with Crippen LogP contribution in [0.5, 0.6) is 0 Å². The highest BCUT2D eigenvalue weighted by molar-refractivity contribution is 6.01. The number of carbonyl (C=O) groups excluding carboxylic acids is 2. The van der Waals surface area contributed by atoms with E-state index < -0.39 is 99.2 Å². The molecule has 2 aromatic heterocycles. The first kappa shape index (κ1) is 50.1. The fourth-order valence-electron chi connectivity index (χ4n) is 8.61. The number of benzene rings is 4. The van der Waals surface area contributed by atoms with Gasteiger partial charge in [0.05, 0.1) is 27.7 Å². The van der Waals surface area contributed by atoms with Gasteiger partial charge in [-0.15, -0.1) is 0 Å². The number of fused-ring (bicyclic) bond motifs is 2. The number of carbonyl (C=O) groups is 2. The van der Waals surface area contributed by atoms with Gasteiger partial charge in [-0.2, -0.15) is 39.5 Å². The number of alkyl halides is 9. The topological polar surface area (TPSA) is 185 Å². The standard InChI is InChI=1S/C24H19F7N2O4.C22H18F4N2O4/c1-12-16-10-14(4-5-15(16)19(34)37-33-12)32-20(35)22(36,24(29,30)31)11-21(7-2-8-21)18-9-13(25)3-6-17(18)23(26,27)28;1-12-15-10-13(6-7-14(15)18(29)32-28-12)27-19(30)21(31,22(24,25)26)11-20(8-9-20)16-4-2-3-5-17(16)23/h3-6,9-10,36H,2,7-8,11H2,1H3,(H,32,35);2-7,10,31H,8-9,11H2,1H3,(H,27,30). The van der Waals surface area contributed by atoms with E-state index in [1.165, 1.54) is 56.3 Å². The summed E-state index contributed by atoms with van der Waals surface area (Å²) in [6.07, 6.45) is -18.2. The highest BCUT2D eigenvalue weighted by atomic mass is 19.4. The highest BCUT2D eigenvalue weighted by Gasteiger charge is 2.66. The lowest BCUT2D eigenvalue weighted by Gasteiger charge is -2.47. The molecule has 0 spiro atoms. The molecule has 23 heteroatoms. The maximum atomic E-state index is 14.3. The summed E-state index contributed by atoms with van der Waals surface area (Å²) in [4.78, 5) is 49.2. The third-order valence-corrected chi connectivity index (χ3v) is 12.7. The number of aliphatic hydroxyl groups is 2. The molecule has 2 amide bonds. The van der Waals surface area contributed by atoms with Gasteiger partial charge in [-0.05, 0) is 117 Å². The largest absolute Gasteiger partial charge is 0.426 e. The van der Waals surface area contributed by atoms with Crippen LogP contribution in [0.3, 0.4) is 0 Å². The summed E-state index contributed by atoms with van der Waals surface area (Å²) in [5.74, 6) is -5.42. The molecule has 2 saturated carbocycles. The maximum absolute atomic E-state index is 14.3. The van der Waals surface area contributed by atoms with E-state index in [2.05, 4.69) is 24.7 Å². The van der Waals surface area contributed by atoms with Gasteiger partial charge in [0.1, 0.15) is 11.6 Å². The molecule has 12 nitrogen and oxygen atoms in total. The van der Waals surface area contributed by atoms with Gasteiger partial charge in [-0.3, -0.25) is 9.59 Å². The van der Waals surface area contributed by atoms with Crippen LogP contribution in [0.25, 0.3) is 21.5 Å². The van der Waals surface area contributed by atoms with E-state index in [9.17, 15) is 77.7 Å². The van der Waals surface area contributed by atoms with Gasteiger partial charge in [-0.1, -0.05) is 34.9 Å². The third kappa shape index (κ3) is 9.52. The average Bonchev–Trinajstić information content (AvgIpc) is 4.03. The van der Waals surface area contributed by atoms with Crippen molar-refractivity contribution in [2.45, 2.75) is 99.4 Å². The van der Waals surface area contributed by atoms with Gasteiger partial charge in [-0.25, -0.2) is 18.4 Å². The van der Waals surface area contributed by atoms with Crippen LogP contribution < -0.4 is 21.9 Å². The number of nitrogens with one attached hydrogen (secondary N) is 2. The van der Waals surface area contributed by atoms with E-state index in [1.54, 1.807) is 0 Å². The molecule has 0 saturated heterocycles. The molecule has 2 aliphatic carbocycles. The van der Waals surface area contributed by atoms with Crippen molar-refractivity contribution in [1.82, 2.24) is 10.3 Å². The summed E-state index contributed by atoms with van der Waals surface area (Å²) in [5, 5.41) is 33.0. The molecule has 4 N–H and O–H groups in total. The van der Waals surface area contributed by atoms with Crippen molar-refractivity contribution in [3.63, 3.8) is 0 Å². The summed E-state index contributed by atoms with van der Waals surface area (Å²) in [5.41, 5.74) is -14.6. The predicted molar refractivity (Wildman–Crippen MR) is 223 cm³/mol. The number of anilines is 2. The molecule has 8 rings (SSSR count). The van der Waals surface area contributed by atoms with Crippen LogP contribution in [0.1, 0.15) is 73.0 Å². The Labute approximate surface area is 381 Å². The van der Waals surface area contributed by atoms with Crippen molar-refractivity contribution in [2.24, 2.45) is 0 Å². The zero-order valence-corrected chi connectivity index (χ0v) is 35.9. The van der Waals surface area contributed by atoms with Crippen molar-refractivity contribution in [1.29, 1.82) is 0 Å². The number of rotatable bonds is 10. The number of aryl methyl sites for hydroxylation is 2. The molecule has 0 bridgehead atoms. The minimum atomic E-state index is -5.60. The molecule has 2 aliphatic rings. The van der Waals surface area contributed by atoms with Crippen LogP contribution in [0.2, 0.25) is 0 Å². The fraction of sp³-hybridized carbons (Fsp3) is 0.348. The molecule has 0 aliphatic heterocycles. The average molecular weight is 983 g/mol. The van der Waals surface area contributed by atoms with Gasteiger partial charge in [0, 0.05) is 40.4 Å². The molecular formula is C46H37F11N4O8. The van der Waals surface area contributed by atoms with Crippen molar-refractivity contribution in [3.8, 4) is 0 Å². The van der Waals surface area contributed by atoms with Crippen LogP contribution in [-0.2, 0) is 26.6 Å². The summed E-state index contributed by atoms with van der Waals surface area (Å²) >= 11 is 0. The molecule has 2 heterocycles. The Morgan fingerprint density at radius 1 is 0.609 bits per heavy atom. The number of halogens is 11. The Bertz CT molecular complexity index is 3110. The van der Waals surface area contributed by atoms with Crippen LogP contribution in [0.4, 0.5) is 59.7 Å². The Morgan fingerprint density at radius 3 is 1.45 bits per heavy atom. The van der Waals surface area contributed by atoms with E-state index in [1.807, 2.05) is 5.32 Å². The lowest BCUT2D eigenvalue weighted by Crippen LogP contribution is -2.59. The summed E-state index contributed by atoms with van der Waals surface area (Å²) in [7, 11) is 0. The minimum absolute atomic E-state index is 0.0367. The van der Waals surface area contributed by atoms with Gasteiger partial charge in [0.2, 0.25) is 11.2 Å². The third-order valence-electron chi connectivity index (χ3n) is 12.7. The van der Waals surface area contributed by atoms with Crippen LogP contribution in [-0.4, -0.2) is 55.9 Å². The van der Waals surface area contributed by atoms with E-state index >= 15 is 0 Å². The first-order chi connectivity index (χ1) is 32.0. The minimum Gasteiger partial charge on any atom is -0.373 e. The molecule has 6 aromatic rings. The molecule has 2 unspecified atom stereocenters. The number of amides is 2. The SMILES string of the molecule is Cc1noc(=O)c2ccc(NC(=O)C(O)(CC3(c4cc(F)ccc4C(F)(F)F)CCC3)C(F)(F)F)cc12.Cc1noc(=O)c2ccc(NC(=O)C(O)(CC3(c4ccccc4F)CC3)C(F)(F)F)cc12. The molecule has 2 atom stereocenters. The lowest BCUT2D eigenvalue weighted by molar-refractivity contribution is -0.257. The van der Waals surface area contributed by atoms with E-state index in [4.69, 9.17) is 0 Å². The van der Waals surface area contributed by atoms with Crippen molar-refractivity contribution in [3.05, 3.63) is 139 Å². The predicted octanol–water partition coefficient (Wildman–Crippen LogP) is 9.39. The Balaban J connectivity index is 0.000000206. The maximum Gasteiger partial charge on any atom is 0.426 e. The lowest BCUT2D eigenvalue weighted by atomic mass is 9.58. The zero-order valence-electron chi connectivity index (χ0n) is 35.9. The first-order valence-electron chi connectivity index (χ1n) is 20.7. The Morgan fingerprint density at radius 2 is 1.06 bits per heavy atom. The Kier molecular flexibility index (Phi) is 12.8. The Hall–Kier alpha value is -6.75. The highest BCUT2D eigenvalue weighted by Crippen LogP contribution is 2.57. The van der Waals surface area contributed by atoms with Gasteiger partial charge in [0.15, 0.2) is 0 Å². The normalized spacial score (nSPS) is 17.1. The van der Waals surface area contributed by atoms with Crippen molar-refractivity contribution in [2.75, 3.05) is 10.6 Å². The van der Waals surface area contributed by atoms with E-state index in [-0.39, 0.29) is 76.3 Å². The monoisotopic (exact) mass is 982 g/mol. The molecule has 0 radical (unpaired) electrons. The first-order valence-corrected chi connectivity index (χ1v) is 20.7.